The number of carbonyl (C=O) groups is 1. The number of amides is 2. The number of nitrogens with one attached hydrogen (secondary N) is 2. The fourth-order valence-electron chi connectivity index (χ4n) is 3.23. The lowest BCUT2D eigenvalue weighted by atomic mass is 10.2. The van der Waals surface area contributed by atoms with Gasteiger partial charge in [-0.15, -0.1) is 10.2 Å². The van der Waals surface area contributed by atoms with Gasteiger partial charge in [0.2, 0.25) is 0 Å². The molecule has 4 aromatic rings. The summed E-state index contributed by atoms with van der Waals surface area (Å²) in [6, 6.07) is 21.1. The topological polar surface area (TPSA) is 81.1 Å². The summed E-state index contributed by atoms with van der Waals surface area (Å²) in [7, 11) is 1.57. The minimum Gasteiger partial charge on any atom is -0.497 e. The number of anilines is 1. The van der Waals surface area contributed by atoms with Gasteiger partial charge in [-0.25, -0.2) is 9.18 Å². The third-order valence-electron chi connectivity index (χ3n) is 5.01. The Kier molecular flexibility index (Phi) is 7.44. The highest BCUT2D eigenvalue weighted by atomic mass is 32.2. The van der Waals surface area contributed by atoms with Crippen molar-refractivity contribution in [1.29, 1.82) is 0 Å². The highest BCUT2D eigenvalue weighted by Crippen LogP contribution is 2.26. The Bertz CT molecular complexity index is 1260. The van der Waals surface area contributed by atoms with Gasteiger partial charge in [0.25, 0.3) is 0 Å². The molecule has 9 heteroatoms. The molecular weight excluding hydrogens is 453 g/mol. The van der Waals surface area contributed by atoms with Crippen LogP contribution in [0.3, 0.4) is 0 Å². The van der Waals surface area contributed by atoms with Crippen molar-refractivity contribution in [3.63, 3.8) is 0 Å². The number of urea groups is 1. The molecule has 0 atom stereocenters. The quantitative estimate of drug-likeness (QED) is 0.335. The van der Waals surface area contributed by atoms with Crippen LogP contribution in [-0.4, -0.2) is 27.9 Å². The molecule has 2 amide bonds. The molecule has 0 radical (unpaired) electrons. The highest BCUT2D eigenvalue weighted by molar-refractivity contribution is 7.98. The molecule has 174 valence electrons. The summed E-state index contributed by atoms with van der Waals surface area (Å²) >= 11 is 1.49. The van der Waals surface area contributed by atoms with Crippen LogP contribution in [0, 0.1) is 12.7 Å². The third kappa shape index (κ3) is 5.93. The normalized spacial score (nSPS) is 10.7. The largest absolute Gasteiger partial charge is 0.497 e. The average Bonchev–Trinajstić information content (AvgIpc) is 3.26. The van der Waals surface area contributed by atoms with Crippen LogP contribution in [-0.2, 0) is 12.3 Å². The fourth-order valence-corrected chi connectivity index (χ4v) is 4.15. The maximum Gasteiger partial charge on any atom is 0.319 e. The summed E-state index contributed by atoms with van der Waals surface area (Å²) < 4.78 is 20.3. The lowest BCUT2D eigenvalue weighted by Gasteiger charge is -2.12. The Morgan fingerprint density at radius 2 is 1.82 bits per heavy atom. The van der Waals surface area contributed by atoms with E-state index in [1.165, 1.54) is 23.9 Å². The minimum atomic E-state index is -0.368. The number of ether oxygens (including phenoxy) is 1. The van der Waals surface area contributed by atoms with Crippen LogP contribution in [0.5, 0.6) is 5.75 Å². The lowest BCUT2D eigenvalue weighted by Crippen LogP contribution is -2.29. The standard InChI is InChI=1S/C25H24FN5O2S/c1-17-6-12-21(13-7-17)31-23(15-27-24(32)28-20-4-3-5-22(14-20)33-2)29-30-25(31)34-16-18-8-10-19(26)11-9-18/h3-14H,15-16H2,1-2H3,(H2,27,28,32). The zero-order valence-electron chi connectivity index (χ0n) is 18.8. The van der Waals surface area contributed by atoms with Crippen LogP contribution >= 0.6 is 11.8 Å². The van der Waals surface area contributed by atoms with Crippen molar-refractivity contribution < 1.29 is 13.9 Å². The number of thioether (sulfide) groups is 1. The van der Waals surface area contributed by atoms with Crippen molar-refractivity contribution >= 4 is 23.5 Å². The molecule has 34 heavy (non-hydrogen) atoms. The predicted octanol–water partition coefficient (Wildman–Crippen LogP) is 5.34. The van der Waals surface area contributed by atoms with Crippen molar-refractivity contribution in [2.75, 3.05) is 12.4 Å². The van der Waals surface area contributed by atoms with E-state index in [1.807, 2.05) is 35.8 Å². The molecule has 1 aromatic heterocycles. The number of hydrogen-bond donors (Lipinski definition) is 2. The molecule has 0 saturated carbocycles. The molecule has 0 aliphatic carbocycles. The van der Waals surface area contributed by atoms with E-state index in [0.717, 1.165) is 16.8 Å². The van der Waals surface area contributed by atoms with Crippen LogP contribution in [0.4, 0.5) is 14.9 Å². The van der Waals surface area contributed by atoms with Crippen molar-refractivity contribution in [1.82, 2.24) is 20.1 Å². The molecule has 0 fully saturated rings. The summed E-state index contributed by atoms with van der Waals surface area (Å²) in [5.41, 5.74) is 3.62. The number of rotatable bonds is 8. The van der Waals surface area contributed by atoms with Gasteiger partial charge in [-0.05, 0) is 48.9 Å². The Morgan fingerprint density at radius 3 is 2.56 bits per heavy atom. The number of aryl methyl sites for hydroxylation is 1. The first-order valence-electron chi connectivity index (χ1n) is 10.6. The SMILES string of the molecule is COc1cccc(NC(=O)NCc2nnc(SCc3ccc(F)cc3)n2-c2ccc(C)cc2)c1. The van der Waals surface area contributed by atoms with Crippen LogP contribution in [0.15, 0.2) is 78.0 Å². The van der Waals surface area contributed by atoms with Crippen molar-refractivity contribution in [3.8, 4) is 11.4 Å². The Labute approximate surface area is 201 Å². The molecule has 0 aliphatic rings. The van der Waals surface area contributed by atoms with E-state index >= 15 is 0 Å². The molecule has 4 rings (SSSR count). The smallest absolute Gasteiger partial charge is 0.319 e. The molecular formula is C25H24FN5O2S. The molecule has 1 heterocycles. The molecule has 7 nitrogen and oxygen atoms in total. The molecule has 0 spiro atoms. The van der Waals surface area contributed by atoms with Gasteiger partial charge in [0.1, 0.15) is 11.6 Å². The van der Waals surface area contributed by atoms with Crippen molar-refractivity contribution in [2.45, 2.75) is 24.4 Å². The summed E-state index contributed by atoms with van der Waals surface area (Å²) in [6.45, 7) is 2.19. The second kappa shape index (κ2) is 10.8. The van der Waals surface area contributed by atoms with Gasteiger partial charge in [-0.2, -0.15) is 0 Å². The number of benzene rings is 3. The van der Waals surface area contributed by atoms with E-state index in [2.05, 4.69) is 20.8 Å². The molecule has 0 saturated heterocycles. The van der Waals surface area contributed by atoms with Gasteiger partial charge in [0.15, 0.2) is 11.0 Å². The van der Waals surface area contributed by atoms with Crippen molar-refractivity contribution in [2.24, 2.45) is 0 Å². The van der Waals surface area contributed by atoms with Gasteiger partial charge in [-0.3, -0.25) is 4.57 Å². The van der Waals surface area contributed by atoms with E-state index in [0.29, 0.717) is 28.2 Å². The number of halogens is 1. The zero-order chi connectivity index (χ0) is 23.9. The molecule has 0 aliphatic heterocycles. The van der Waals surface area contributed by atoms with Crippen LogP contribution in [0.25, 0.3) is 5.69 Å². The maximum atomic E-state index is 13.2. The molecule has 2 N–H and O–H groups in total. The van der Waals surface area contributed by atoms with Crippen LogP contribution in [0.1, 0.15) is 17.0 Å². The van der Waals surface area contributed by atoms with E-state index in [9.17, 15) is 9.18 Å². The van der Waals surface area contributed by atoms with E-state index in [-0.39, 0.29) is 18.4 Å². The molecule has 0 unspecified atom stereocenters. The third-order valence-corrected chi connectivity index (χ3v) is 6.01. The number of aromatic nitrogens is 3. The monoisotopic (exact) mass is 477 g/mol. The van der Waals surface area contributed by atoms with Crippen molar-refractivity contribution in [3.05, 3.63) is 95.6 Å². The fraction of sp³-hybridized carbons (Fsp3) is 0.160. The average molecular weight is 478 g/mol. The lowest BCUT2D eigenvalue weighted by molar-refractivity contribution is 0.251. The molecule has 3 aromatic carbocycles. The Morgan fingerprint density at radius 1 is 1.06 bits per heavy atom. The van der Waals surface area contributed by atoms with Crippen LogP contribution < -0.4 is 15.4 Å². The van der Waals surface area contributed by atoms with E-state index < -0.39 is 0 Å². The van der Waals surface area contributed by atoms with Gasteiger partial charge in [-0.1, -0.05) is 47.7 Å². The number of carbonyl (C=O) groups excluding carboxylic acids is 1. The van der Waals surface area contributed by atoms with Gasteiger partial charge in [0, 0.05) is 23.2 Å². The van der Waals surface area contributed by atoms with Gasteiger partial charge >= 0.3 is 6.03 Å². The van der Waals surface area contributed by atoms with Crippen LogP contribution in [0.2, 0.25) is 0 Å². The predicted molar refractivity (Wildman–Crippen MR) is 131 cm³/mol. The minimum absolute atomic E-state index is 0.174. The second-order valence-electron chi connectivity index (χ2n) is 7.52. The number of methoxy groups -OCH3 is 1. The highest BCUT2D eigenvalue weighted by Gasteiger charge is 2.16. The summed E-state index contributed by atoms with van der Waals surface area (Å²) in [5.74, 6) is 1.58. The first kappa shape index (κ1) is 23.3. The van der Waals surface area contributed by atoms with E-state index in [1.54, 1.807) is 43.5 Å². The Balaban J connectivity index is 1.49. The number of nitrogens with zero attached hydrogens (tertiary/aromatic N) is 3. The van der Waals surface area contributed by atoms with Gasteiger partial charge < -0.3 is 15.4 Å². The van der Waals surface area contributed by atoms with Gasteiger partial charge in [0.05, 0.1) is 13.7 Å². The first-order chi connectivity index (χ1) is 16.5. The maximum absolute atomic E-state index is 13.2. The summed E-state index contributed by atoms with van der Waals surface area (Å²) in [4.78, 5) is 12.5. The Hall–Kier alpha value is -3.85. The summed E-state index contributed by atoms with van der Waals surface area (Å²) in [6.07, 6.45) is 0. The zero-order valence-corrected chi connectivity index (χ0v) is 19.6. The second-order valence-corrected chi connectivity index (χ2v) is 8.47. The molecule has 0 bridgehead atoms. The summed E-state index contributed by atoms with van der Waals surface area (Å²) in [5, 5.41) is 15.0. The number of hydrogen-bond acceptors (Lipinski definition) is 5. The first-order valence-corrected chi connectivity index (χ1v) is 11.6. The van der Waals surface area contributed by atoms with E-state index in [4.69, 9.17) is 4.74 Å².